The maximum Gasteiger partial charge on any atom is 0.130 e. The van der Waals surface area contributed by atoms with E-state index in [4.69, 9.17) is 15.7 Å². The molecule has 0 aromatic carbocycles. The molecule has 1 unspecified atom stereocenters. The number of hydrogen-bond acceptors (Lipinski definition) is 3. The first-order valence-electron chi connectivity index (χ1n) is 6.77. The second-order valence-electron chi connectivity index (χ2n) is 6.60. The average molecular weight is 236 g/mol. The van der Waals surface area contributed by atoms with Gasteiger partial charge in [-0.3, -0.25) is 0 Å². The molecule has 0 saturated heterocycles. The summed E-state index contributed by atoms with van der Waals surface area (Å²) in [6, 6.07) is 2.25. The van der Waals surface area contributed by atoms with Gasteiger partial charge < -0.3 is 10.5 Å². The van der Waals surface area contributed by atoms with E-state index in [1.807, 2.05) is 0 Å². The molecule has 2 N–H and O–H groups in total. The average Bonchev–Trinajstić information content (AvgIpc) is 3.11. The topological polar surface area (TPSA) is 59.0 Å². The number of hydrogen-bond donors (Lipinski definition) is 1. The summed E-state index contributed by atoms with van der Waals surface area (Å²) in [5.41, 5.74) is 5.82. The first-order chi connectivity index (χ1) is 7.95. The summed E-state index contributed by atoms with van der Waals surface area (Å²) in [4.78, 5) is 0. The molecule has 3 nitrogen and oxygen atoms in total. The number of rotatable bonds is 4. The van der Waals surface area contributed by atoms with Crippen molar-refractivity contribution < 1.29 is 4.74 Å². The summed E-state index contributed by atoms with van der Waals surface area (Å²) < 4.78 is 5.89. The Hall–Kier alpha value is -0.590. The molecule has 2 aliphatic rings. The lowest BCUT2D eigenvalue weighted by Crippen LogP contribution is -2.46. The summed E-state index contributed by atoms with van der Waals surface area (Å²) in [6.07, 6.45) is 7.14. The van der Waals surface area contributed by atoms with Crippen molar-refractivity contribution in [3.05, 3.63) is 0 Å². The van der Waals surface area contributed by atoms with E-state index in [9.17, 15) is 0 Å². The van der Waals surface area contributed by atoms with Gasteiger partial charge in [0.25, 0.3) is 0 Å². The van der Waals surface area contributed by atoms with Crippen molar-refractivity contribution in [1.29, 1.82) is 5.26 Å². The summed E-state index contributed by atoms with van der Waals surface area (Å²) >= 11 is 0. The molecule has 0 radical (unpaired) electrons. The van der Waals surface area contributed by atoms with Crippen LogP contribution in [0.2, 0.25) is 0 Å². The van der Waals surface area contributed by atoms with Crippen molar-refractivity contribution in [3.63, 3.8) is 0 Å². The molecule has 0 aromatic heterocycles. The third-order valence-corrected chi connectivity index (χ3v) is 4.36. The van der Waals surface area contributed by atoms with E-state index in [0.29, 0.717) is 24.0 Å². The molecule has 2 aliphatic carbocycles. The van der Waals surface area contributed by atoms with Gasteiger partial charge in [0.05, 0.1) is 18.8 Å². The Labute approximate surface area is 104 Å². The molecular formula is C14H24N2O. The van der Waals surface area contributed by atoms with Crippen molar-refractivity contribution in [1.82, 2.24) is 0 Å². The number of nitrogens with two attached hydrogens (primary N) is 1. The first kappa shape index (κ1) is 12.9. The number of nitriles is 1. The van der Waals surface area contributed by atoms with Crippen LogP contribution in [0.4, 0.5) is 0 Å². The van der Waals surface area contributed by atoms with Gasteiger partial charge in [-0.15, -0.1) is 0 Å². The van der Waals surface area contributed by atoms with Gasteiger partial charge in [-0.2, -0.15) is 5.26 Å². The van der Waals surface area contributed by atoms with E-state index in [1.54, 1.807) is 0 Å². The molecule has 17 heavy (non-hydrogen) atoms. The van der Waals surface area contributed by atoms with E-state index in [-0.39, 0.29) is 0 Å². The molecule has 0 aliphatic heterocycles. The van der Waals surface area contributed by atoms with Gasteiger partial charge in [-0.05, 0) is 49.9 Å². The highest BCUT2D eigenvalue weighted by atomic mass is 16.5. The van der Waals surface area contributed by atoms with Crippen LogP contribution in [-0.4, -0.2) is 18.2 Å². The van der Waals surface area contributed by atoms with E-state index >= 15 is 0 Å². The summed E-state index contributed by atoms with van der Waals surface area (Å²) in [5.74, 6) is 0.368. The van der Waals surface area contributed by atoms with Gasteiger partial charge in [-0.1, -0.05) is 13.8 Å². The molecule has 0 heterocycles. The normalized spacial score (nSPS) is 28.4. The van der Waals surface area contributed by atoms with Crippen molar-refractivity contribution in [2.24, 2.45) is 17.1 Å². The van der Waals surface area contributed by atoms with E-state index in [1.165, 1.54) is 12.8 Å². The lowest BCUT2D eigenvalue weighted by atomic mass is 9.76. The molecule has 0 spiro atoms. The van der Waals surface area contributed by atoms with Crippen LogP contribution in [-0.2, 0) is 4.74 Å². The maximum absolute atomic E-state index is 9.15. The molecule has 2 saturated carbocycles. The van der Waals surface area contributed by atoms with Crippen LogP contribution < -0.4 is 5.73 Å². The zero-order chi connectivity index (χ0) is 12.5. The smallest absolute Gasteiger partial charge is 0.130 e. The van der Waals surface area contributed by atoms with E-state index < -0.39 is 5.54 Å². The van der Waals surface area contributed by atoms with E-state index in [0.717, 1.165) is 25.7 Å². The van der Waals surface area contributed by atoms with Crippen LogP contribution in [0.3, 0.4) is 0 Å². The van der Waals surface area contributed by atoms with Crippen LogP contribution in [0.15, 0.2) is 0 Å². The van der Waals surface area contributed by atoms with E-state index in [2.05, 4.69) is 19.9 Å². The summed E-state index contributed by atoms with van der Waals surface area (Å²) in [6.45, 7) is 5.05. The minimum Gasteiger partial charge on any atom is -0.375 e. The predicted molar refractivity (Wildman–Crippen MR) is 67.2 cm³/mol. The van der Waals surface area contributed by atoms with Crippen LogP contribution in [0.1, 0.15) is 52.4 Å². The number of ether oxygens (including phenoxy) is 1. The number of nitrogens with zero attached hydrogens (tertiary/aromatic N) is 1. The standard InChI is InChI=1S/C14H24N2O/c1-13(2)7-5-12(6-8-13)17-10-14(16,9-15)11-3-4-11/h11-12H,3-8,10,16H2,1-2H3. The first-order valence-corrected chi connectivity index (χ1v) is 6.77. The summed E-state index contributed by atoms with van der Waals surface area (Å²) in [7, 11) is 0. The fraction of sp³-hybridized carbons (Fsp3) is 0.929. The van der Waals surface area contributed by atoms with Crippen molar-refractivity contribution >= 4 is 0 Å². The molecule has 2 rings (SSSR count). The lowest BCUT2D eigenvalue weighted by Gasteiger charge is -2.35. The van der Waals surface area contributed by atoms with Gasteiger partial charge in [0.2, 0.25) is 0 Å². The molecule has 3 heteroatoms. The Bertz CT molecular complexity index is 307. The van der Waals surface area contributed by atoms with Crippen molar-refractivity contribution in [2.45, 2.75) is 64.0 Å². The van der Waals surface area contributed by atoms with Crippen LogP contribution in [0.5, 0.6) is 0 Å². The highest BCUT2D eigenvalue weighted by Gasteiger charge is 2.43. The largest absolute Gasteiger partial charge is 0.375 e. The van der Waals surface area contributed by atoms with Gasteiger partial charge >= 0.3 is 0 Å². The third-order valence-electron chi connectivity index (χ3n) is 4.36. The highest BCUT2D eigenvalue weighted by molar-refractivity contribution is 5.13. The minimum atomic E-state index is -0.729. The molecule has 1 atom stereocenters. The lowest BCUT2D eigenvalue weighted by molar-refractivity contribution is -0.0132. The van der Waals surface area contributed by atoms with Gasteiger partial charge in [0, 0.05) is 0 Å². The van der Waals surface area contributed by atoms with Gasteiger partial charge in [-0.25, -0.2) is 0 Å². The quantitative estimate of drug-likeness (QED) is 0.816. The predicted octanol–water partition coefficient (Wildman–Crippen LogP) is 2.60. The fourth-order valence-electron chi connectivity index (χ4n) is 2.64. The van der Waals surface area contributed by atoms with Gasteiger partial charge in [0.15, 0.2) is 0 Å². The van der Waals surface area contributed by atoms with Crippen molar-refractivity contribution in [3.8, 4) is 6.07 Å². The minimum absolute atomic E-state index is 0.318. The Balaban J connectivity index is 1.77. The summed E-state index contributed by atoms with van der Waals surface area (Å²) in [5, 5.41) is 9.15. The molecule has 0 aromatic rings. The second kappa shape index (κ2) is 4.59. The zero-order valence-electron chi connectivity index (χ0n) is 11.0. The molecule has 0 amide bonds. The van der Waals surface area contributed by atoms with Crippen LogP contribution >= 0.6 is 0 Å². The zero-order valence-corrected chi connectivity index (χ0v) is 11.0. The van der Waals surface area contributed by atoms with Gasteiger partial charge in [0.1, 0.15) is 5.54 Å². The molecule has 2 fully saturated rings. The third kappa shape index (κ3) is 3.20. The molecule has 96 valence electrons. The maximum atomic E-state index is 9.15. The Morgan fingerprint density at radius 3 is 2.35 bits per heavy atom. The highest BCUT2D eigenvalue weighted by Crippen LogP contribution is 2.40. The van der Waals surface area contributed by atoms with Crippen LogP contribution in [0, 0.1) is 22.7 Å². The Kier molecular flexibility index (Phi) is 3.47. The van der Waals surface area contributed by atoms with Crippen molar-refractivity contribution in [2.75, 3.05) is 6.61 Å². The molecular weight excluding hydrogens is 212 g/mol. The Morgan fingerprint density at radius 1 is 1.29 bits per heavy atom. The monoisotopic (exact) mass is 236 g/mol. The SMILES string of the molecule is CC1(C)CCC(OCC(N)(C#N)C2CC2)CC1. The fourth-order valence-corrected chi connectivity index (χ4v) is 2.64. The second-order valence-corrected chi connectivity index (χ2v) is 6.60. The molecule has 0 bridgehead atoms. The Morgan fingerprint density at radius 2 is 1.88 bits per heavy atom. The van der Waals surface area contributed by atoms with Crippen LogP contribution in [0.25, 0.3) is 0 Å².